The zero-order valence-corrected chi connectivity index (χ0v) is 13.2. The molecule has 1 aromatic rings. The fourth-order valence-corrected chi connectivity index (χ4v) is 3.53. The van der Waals surface area contributed by atoms with E-state index in [1.807, 2.05) is 18.4 Å². The molecule has 114 valence electrons. The van der Waals surface area contributed by atoms with Gasteiger partial charge in [-0.1, -0.05) is 6.92 Å². The summed E-state index contributed by atoms with van der Waals surface area (Å²) in [6, 6.07) is 1.45. The Hall–Kier alpha value is -1.66. The fraction of sp³-hybridized carbons (Fsp3) is 0.467. The van der Waals surface area contributed by atoms with E-state index in [4.69, 9.17) is 4.74 Å². The van der Waals surface area contributed by atoms with E-state index in [1.54, 1.807) is 14.0 Å². The van der Waals surface area contributed by atoms with Crippen molar-refractivity contribution in [2.24, 2.45) is 0 Å². The highest BCUT2D eigenvalue weighted by molar-refractivity contribution is 7.10. The summed E-state index contributed by atoms with van der Waals surface area (Å²) in [5.41, 5.74) is 1.22. The van der Waals surface area contributed by atoms with Gasteiger partial charge in [0.05, 0.1) is 18.2 Å². The molecule has 0 bridgehead atoms. The van der Waals surface area contributed by atoms with Crippen molar-refractivity contribution in [1.82, 2.24) is 4.90 Å². The van der Waals surface area contributed by atoms with E-state index in [0.717, 1.165) is 10.4 Å². The third kappa shape index (κ3) is 2.73. The van der Waals surface area contributed by atoms with Gasteiger partial charge in [0.2, 0.25) is 0 Å². The Balaban J connectivity index is 2.48. The maximum Gasteiger partial charge on any atom is 0.290 e. The number of rotatable bonds is 6. The normalized spacial score (nSPS) is 18.7. The number of nitrogens with zero attached hydrogens (tertiary/aromatic N) is 1. The van der Waals surface area contributed by atoms with Crippen LogP contribution in [0.3, 0.4) is 0 Å². The van der Waals surface area contributed by atoms with Gasteiger partial charge < -0.3 is 14.7 Å². The second-order valence-electron chi connectivity index (χ2n) is 4.90. The highest BCUT2D eigenvalue weighted by Crippen LogP contribution is 2.41. The lowest BCUT2D eigenvalue weighted by Gasteiger charge is -2.26. The molecule has 2 rings (SSSR count). The molecule has 5 nitrogen and oxygen atoms in total. The van der Waals surface area contributed by atoms with Gasteiger partial charge >= 0.3 is 0 Å². The second-order valence-corrected chi connectivity index (χ2v) is 5.85. The molecule has 2 heterocycles. The van der Waals surface area contributed by atoms with Crippen molar-refractivity contribution in [1.29, 1.82) is 0 Å². The van der Waals surface area contributed by atoms with Crippen molar-refractivity contribution >= 4 is 23.0 Å². The van der Waals surface area contributed by atoms with E-state index in [2.05, 4.69) is 0 Å². The van der Waals surface area contributed by atoms with Crippen LogP contribution in [0.15, 0.2) is 22.8 Å². The predicted molar refractivity (Wildman–Crippen MR) is 80.3 cm³/mol. The summed E-state index contributed by atoms with van der Waals surface area (Å²) in [6.07, 6.45) is 0.256. The molecule has 1 amide bonds. The number of aliphatic hydroxyl groups is 1. The predicted octanol–water partition coefficient (Wildman–Crippen LogP) is 2.38. The molecule has 21 heavy (non-hydrogen) atoms. The lowest BCUT2D eigenvalue weighted by atomic mass is 9.99. The third-order valence-corrected chi connectivity index (χ3v) is 4.68. The summed E-state index contributed by atoms with van der Waals surface area (Å²) in [5, 5.41) is 12.0. The zero-order chi connectivity index (χ0) is 15.6. The number of amides is 1. The van der Waals surface area contributed by atoms with E-state index < -0.39 is 17.7 Å². The Kier molecular flexibility index (Phi) is 4.80. The van der Waals surface area contributed by atoms with Gasteiger partial charge in [-0.05, 0) is 23.9 Å². The standard InChI is InChI=1S/C15H19NO4S/c1-4-10(17)11-12(14-9(2)5-8-21-14)16(6-7-20-3)15(19)13(11)18/h5,8,12,18H,4,6-7H2,1-3H3. The van der Waals surface area contributed by atoms with E-state index in [0.29, 0.717) is 13.2 Å². The minimum atomic E-state index is -0.500. The van der Waals surface area contributed by atoms with Gasteiger partial charge in [-0.3, -0.25) is 9.59 Å². The fourth-order valence-electron chi connectivity index (χ4n) is 2.49. The summed E-state index contributed by atoms with van der Waals surface area (Å²) in [5.74, 6) is -1.11. The molecule has 0 radical (unpaired) electrons. The number of Topliss-reactive ketones (excluding diaryl/α,β-unsaturated/α-hetero) is 1. The molecule has 1 aromatic heterocycles. The van der Waals surface area contributed by atoms with Crippen LogP contribution in [0.25, 0.3) is 0 Å². The first-order valence-corrected chi connectivity index (χ1v) is 7.71. The first kappa shape index (κ1) is 15.7. The highest BCUT2D eigenvalue weighted by atomic mass is 32.1. The van der Waals surface area contributed by atoms with Gasteiger partial charge in [0, 0.05) is 25.0 Å². The summed E-state index contributed by atoms with van der Waals surface area (Å²) >= 11 is 1.49. The van der Waals surface area contributed by atoms with Crippen LogP contribution in [0.1, 0.15) is 29.8 Å². The Morgan fingerprint density at radius 1 is 1.52 bits per heavy atom. The van der Waals surface area contributed by atoms with Gasteiger partial charge in [-0.15, -0.1) is 11.3 Å². The number of methoxy groups -OCH3 is 1. The van der Waals surface area contributed by atoms with Crippen LogP contribution in [0.2, 0.25) is 0 Å². The van der Waals surface area contributed by atoms with Crippen molar-refractivity contribution in [2.45, 2.75) is 26.3 Å². The maximum absolute atomic E-state index is 12.3. The molecule has 1 aliphatic rings. The largest absolute Gasteiger partial charge is 0.503 e. The summed E-state index contributed by atoms with van der Waals surface area (Å²) in [7, 11) is 1.55. The number of ether oxygens (including phenoxy) is 1. The molecular formula is C15H19NO4S. The number of aliphatic hydroxyl groups excluding tert-OH is 1. The van der Waals surface area contributed by atoms with E-state index >= 15 is 0 Å². The van der Waals surface area contributed by atoms with Crippen LogP contribution in [-0.2, 0) is 14.3 Å². The van der Waals surface area contributed by atoms with E-state index in [1.165, 1.54) is 16.2 Å². The summed E-state index contributed by atoms with van der Waals surface area (Å²) in [4.78, 5) is 26.9. The van der Waals surface area contributed by atoms with Gasteiger partial charge in [0.15, 0.2) is 11.5 Å². The molecule has 1 aliphatic heterocycles. The Bertz CT molecular complexity index is 590. The van der Waals surface area contributed by atoms with Crippen molar-refractivity contribution in [3.8, 4) is 0 Å². The lowest BCUT2D eigenvalue weighted by Crippen LogP contribution is -2.33. The summed E-state index contributed by atoms with van der Waals surface area (Å²) in [6.45, 7) is 4.35. The van der Waals surface area contributed by atoms with Crippen molar-refractivity contribution in [3.05, 3.63) is 33.2 Å². The number of thiophene rings is 1. The van der Waals surface area contributed by atoms with Crippen LogP contribution in [0.5, 0.6) is 0 Å². The highest BCUT2D eigenvalue weighted by Gasteiger charge is 2.43. The molecule has 1 atom stereocenters. The molecule has 1 N–H and O–H groups in total. The van der Waals surface area contributed by atoms with Crippen LogP contribution in [0, 0.1) is 6.92 Å². The van der Waals surface area contributed by atoms with Gasteiger partial charge in [0.1, 0.15) is 0 Å². The molecule has 6 heteroatoms. The lowest BCUT2D eigenvalue weighted by molar-refractivity contribution is -0.130. The monoisotopic (exact) mass is 309 g/mol. The van der Waals surface area contributed by atoms with E-state index in [9.17, 15) is 14.7 Å². The molecular weight excluding hydrogens is 290 g/mol. The zero-order valence-electron chi connectivity index (χ0n) is 12.4. The average molecular weight is 309 g/mol. The topological polar surface area (TPSA) is 66.8 Å². The quantitative estimate of drug-likeness (QED) is 0.876. The van der Waals surface area contributed by atoms with Gasteiger partial charge in [-0.25, -0.2) is 0 Å². The van der Waals surface area contributed by atoms with Crippen molar-refractivity contribution in [3.63, 3.8) is 0 Å². The third-order valence-electron chi connectivity index (χ3n) is 3.61. The second kappa shape index (κ2) is 6.41. The minimum absolute atomic E-state index is 0.196. The van der Waals surface area contributed by atoms with Crippen molar-refractivity contribution in [2.75, 3.05) is 20.3 Å². The SMILES string of the molecule is CCC(=O)C1=C(O)C(=O)N(CCOC)C1c1sccc1C. The van der Waals surface area contributed by atoms with Gasteiger partial charge in [-0.2, -0.15) is 0 Å². The number of ketones is 1. The smallest absolute Gasteiger partial charge is 0.290 e. The first-order valence-electron chi connectivity index (χ1n) is 6.83. The summed E-state index contributed by atoms with van der Waals surface area (Å²) < 4.78 is 5.03. The molecule has 0 spiro atoms. The number of carbonyl (C=O) groups excluding carboxylic acids is 2. The molecule has 0 saturated heterocycles. The first-order chi connectivity index (χ1) is 10.0. The molecule has 0 saturated carbocycles. The molecule has 1 unspecified atom stereocenters. The molecule has 0 aliphatic carbocycles. The van der Waals surface area contributed by atoms with E-state index in [-0.39, 0.29) is 17.8 Å². The number of carbonyl (C=O) groups is 2. The van der Waals surface area contributed by atoms with Crippen LogP contribution in [0.4, 0.5) is 0 Å². The Labute approximate surface area is 127 Å². The Morgan fingerprint density at radius 2 is 2.24 bits per heavy atom. The van der Waals surface area contributed by atoms with Gasteiger partial charge in [0.25, 0.3) is 5.91 Å². The number of hydrogen-bond acceptors (Lipinski definition) is 5. The maximum atomic E-state index is 12.3. The minimum Gasteiger partial charge on any atom is -0.503 e. The van der Waals surface area contributed by atoms with Crippen LogP contribution >= 0.6 is 11.3 Å². The van der Waals surface area contributed by atoms with Crippen LogP contribution < -0.4 is 0 Å². The van der Waals surface area contributed by atoms with Crippen molar-refractivity contribution < 1.29 is 19.4 Å². The molecule has 0 aromatic carbocycles. The Morgan fingerprint density at radius 3 is 2.76 bits per heavy atom. The number of aryl methyl sites for hydroxylation is 1. The van der Waals surface area contributed by atoms with Crippen LogP contribution in [-0.4, -0.2) is 42.0 Å². The number of hydrogen-bond donors (Lipinski definition) is 1. The molecule has 0 fully saturated rings. The average Bonchev–Trinajstić information content (AvgIpc) is 2.99.